The Morgan fingerprint density at radius 3 is 2.85 bits per heavy atom. The second-order valence-electron chi connectivity index (χ2n) is 5.24. The highest BCUT2D eigenvalue weighted by Crippen LogP contribution is 2.18. The Balaban J connectivity index is 1.41. The Morgan fingerprint density at radius 1 is 1.40 bits per heavy atom. The van der Waals surface area contributed by atoms with E-state index < -0.39 is 0 Å². The SMILES string of the molecule is O=C(CCNC(=O)c1cn(C2CNC2)nn1)NC1CC1. The van der Waals surface area contributed by atoms with Crippen LogP contribution in [0, 0.1) is 0 Å². The van der Waals surface area contributed by atoms with E-state index in [2.05, 4.69) is 26.3 Å². The van der Waals surface area contributed by atoms with E-state index in [1.54, 1.807) is 10.9 Å². The van der Waals surface area contributed by atoms with E-state index in [1.807, 2.05) is 0 Å². The van der Waals surface area contributed by atoms with Crippen LogP contribution in [-0.2, 0) is 4.79 Å². The Hall–Kier alpha value is -1.96. The molecule has 108 valence electrons. The quantitative estimate of drug-likeness (QED) is 0.608. The second kappa shape index (κ2) is 5.58. The number of nitrogens with one attached hydrogen (secondary N) is 3. The van der Waals surface area contributed by atoms with Crippen molar-refractivity contribution < 1.29 is 9.59 Å². The number of hydrogen-bond acceptors (Lipinski definition) is 5. The molecule has 1 saturated carbocycles. The lowest BCUT2D eigenvalue weighted by Gasteiger charge is -2.26. The molecule has 0 unspecified atom stereocenters. The van der Waals surface area contributed by atoms with Gasteiger partial charge in [-0.25, -0.2) is 4.68 Å². The molecule has 2 fully saturated rings. The van der Waals surface area contributed by atoms with Gasteiger partial charge in [0.25, 0.3) is 5.91 Å². The van der Waals surface area contributed by atoms with Gasteiger partial charge in [-0.1, -0.05) is 5.21 Å². The number of rotatable bonds is 6. The van der Waals surface area contributed by atoms with Crippen molar-refractivity contribution in [2.75, 3.05) is 19.6 Å². The molecule has 0 bridgehead atoms. The lowest BCUT2D eigenvalue weighted by atomic mass is 10.2. The van der Waals surface area contributed by atoms with Gasteiger partial charge < -0.3 is 16.0 Å². The summed E-state index contributed by atoms with van der Waals surface area (Å²) in [7, 11) is 0. The molecule has 0 spiro atoms. The average Bonchev–Trinajstić information content (AvgIpc) is 3.02. The molecular weight excluding hydrogens is 260 g/mol. The van der Waals surface area contributed by atoms with E-state index in [-0.39, 0.29) is 17.9 Å². The van der Waals surface area contributed by atoms with Crippen molar-refractivity contribution in [3.63, 3.8) is 0 Å². The maximum Gasteiger partial charge on any atom is 0.273 e. The van der Waals surface area contributed by atoms with E-state index in [1.165, 1.54) is 0 Å². The molecule has 2 heterocycles. The first-order valence-electron chi connectivity index (χ1n) is 6.92. The molecule has 8 nitrogen and oxygen atoms in total. The van der Waals surface area contributed by atoms with Gasteiger partial charge in [0.2, 0.25) is 5.91 Å². The van der Waals surface area contributed by atoms with Crippen molar-refractivity contribution in [2.24, 2.45) is 0 Å². The van der Waals surface area contributed by atoms with Crippen molar-refractivity contribution in [3.05, 3.63) is 11.9 Å². The van der Waals surface area contributed by atoms with Crippen molar-refractivity contribution in [2.45, 2.75) is 31.3 Å². The number of nitrogens with zero attached hydrogens (tertiary/aromatic N) is 3. The Kier molecular flexibility index (Phi) is 3.64. The minimum atomic E-state index is -0.289. The summed E-state index contributed by atoms with van der Waals surface area (Å²) in [6.07, 6.45) is 4.07. The number of carbonyl (C=O) groups excluding carboxylic acids is 2. The van der Waals surface area contributed by atoms with E-state index in [0.717, 1.165) is 25.9 Å². The minimum Gasteiger partial charge on any atom is -0.353 e. The van der Waals surface area contributed by atoms with Gasteiger partial charge in [-0.2, -0.15) is 0 Å². The first-order valence-corrected chi connectivity index (χ1v) is 6.92. The van der Waals surface area contributed by atoms with Gasteiger partial charge in [0.15, 0.2) is 5.69 Å². The van der Waals surface area contributed by atoms with Gasteiger partial charge >= 0.3 is 0 Å². The third-order valence-electron chi connectivity index (χ3n) is 3.46. The largest absolute Gasteiger partial charge is 0.353 e. The minimum absolute atomic E-state index is 0.0167. The number of aromatic nitrogens is 3. The zero-order valence-electron chi connectivity index (χ0n) is 11.1. The lowest BCUT2D eigenvalue weighted by molar-refractivity contribution is -0.121. The van der Waals surface area contributed by atoms with Crippen molar-refractivity contribution in [1.82, 2.24) is 30.9 Å². The third kappa shape index (κ3) is 3.13. The molecule has 1 saturated heterocycles. The molecule has 8 heteroatoms. The fourth-order valence-electron chi connectivity index (χ4n) is 1.93. The average molecular weight is 278 g/mol. The molecule has 2 amide bonds. The maximum absolute atomic E-state index is 11.8. The molecular formula is C12H18N6O2. The van der Waals surface area contributed by atoms with E-state index >= 15 is 0 Å². The topological polar surface area (TPSA) is 101 Å². The highest BCUT2D eigenvalue weighted by Gasteiger charge is 2.23. The van der Waals surface area contributed by atoms with Gasteiger partial charge in [-0.3, -0.25) is 9.59 Å². The van der Waals surface area contributed by atoms with E-state index in [9.17, 15) is 9.59 Å². The van der Waals surface area contributed by atoms with Crippen LogP contribution in [0.15, 0.2) is 6.20 Å². The predicted octanol–water partition coefficient (Wildman–Crippen LogP) is -1.18. The predicted molar refractivity (Wildman–Crippen MR) is 70.0 cm³/mol. The third-order valence-corrected chi connectivity index (χ3v) is 3.46. The molecule has 3 rings (SSSR count). The normalized spacial score (nSPS) is 18.4. The fourth-order valence-corrected chi connectivity index (χ4v) is 1.93. The molecule has 2 aliphatic rings. The van der Waals surface area contributed by atoms with Crippen LogP contribution in [0.4, 0.5) is 0 Å². The summed E-state index contributed by atoms with van der Waals surface area (Å²) in [5.41, 5.74) is 0.291. The van der Waals surface area contributed by atoms with Gasteiger partial charge in [0, 0.05) is 32.1 Å². The molecule has 1 aromatic rings. The summed E-state index contributed by atoms with van der Waals surface area (Å²) >= 11 is 0. The molecule has 1 aromatic heterocycles. The van der Waals surface area contributed by atoms with Crippen LogP contribution in [0.25, 0.3) is 0 Å². The smallest absolute Gasteiger partial charge is 0.273 e. The van der Waals surface area contributed by atoms with Crippen LogP contribution >= 0.6 is 0 Å². The molecule has 20 heavy (non-hydrogen) atoms. The van der Waals surface area contributed by atoms with Crippen molar-refractivity contribution >= 4 is 11.8 Å². The number of amides is 2. The van der Waals surface area contributed by atoms with Crippen LogP contribution < -0.4 is 16.0 Å². The fraction of sp³-hybridized carbons (Fsp3) is 0.667. The summed E-state index contributed by atoms with van der Waals surface area (Å²) in [4.78, 5) is 23.3. The Labute approximate surface area is 116 Å². The zero-order valence-corrected chi connectivity index (χ0v) is 11.1. The standard InChI is InChI=1S/C12H18N6O2/c19-11(15-8-1-2-8)3-4-14-12(20)10-7-18(17-16-10)9-5-13-6-9/h7-9,13H,1-6H2,(H,14,20)(H,15,19). The Morgan fingerprint density at radius 2 is 2.20 bits per heavy atom. The number of hydrogen-bond donors (Lipinski definition) is 3. The summed E-state index contributed by atoms with van der Waals surface area (Å²) in [6.45, 7) is 2.02. The second-order valence-corrected chi connectivity index (χ2v) is 5.24. The van der Waals surface area contributed by atoms with Crippen LogP contribution in [0.3, 0.4) is 0 Å². The van der Waals surface area contributed by atoms with Gasteiger partial charge in [0.1, 0.15) is 0 Å². The molecule has 0 atom stereocenters. The molecule has 0 aromatic carbocycles. The maximum atomic E-state index is 11.8. The summed E-state index contributed by atoms with van der Waals surface area (Å²) in [5, 5.41) is 16.5. The zero-order chi connectivity index (χ0) is 13.9. The van der Waals surface area contributed by atoms with Gasteiger partial charge in [-0.15, -0.1) is 5.10 Å². The highest BCUT2D eigenvalue weighted by molar-refractivity contribution is 5.92. The number of carbonyl (C=O) groups is 2. The van der Waals surface area contributed by atoms with Crippen LogP contribution in [0.1, 0.15) is 35.8 Å². The molecule has 1 aliphatic carbocycles. The molecule has 0 radical (unpaired) electrons. The molecule has 1 aliphatic heterocycles. The summed E-state index contributed by atoms with van der Waals surface area (Å²) in [5.74, 6) is -0.306. The summed E-state index contributed by atoms with van der Waals surface area (Å²) in [6, 6.07) is 0.641. The first-order chi connectivity index (χ1) is 9.72. The monoisotopic (exact) mass is 278 g/mol. The Bertz CT molecular complexity index is 506. The van der Waals surface area contributed by atoms with Gasteiger partial charge in [-0.05, 0) is 12.8 Å². The molecule has 3 N–H and O–H groups in total. The highest BCUT2D eigenvalue weighted by atomic mass is 16.2. The van der Waals surface area contributed by atoms with E-state index in [4.69, 9.17) is 0 Å². The lowest BCUT2D eigenvalue weighted by Crippen LogP contribution is -2.43. The van der Waals surface area contributed by atoms with Crippen molar-refractivity contribution in [1.29, 1.82) is 0 Å². The van der Waals surface area contributed by atoms with E-state index in [0.29, 0.717) is 24.7 Å². The van der Waals surface area contributed by atoms with Crippen LogP contribution in [-0.4, -0.2) is 52.5 Å². The van der Waals surface area contributed by atoms with Gasteiger partial charge in [0.05, 0.1) is 12.2 Å². The first kappa shape index (κ1) is 13.0. The van der Waals surface area contributed by atoms with Crippen LogP contribution in [0.2, 0.25) is 0 Å². The summed E-state index contributed by atoms with van der Waals surface area (Å²) < 4.78 is 1.70. The van der Waals surface area contributed by atoms with Crippen molar-refractivity contribution in [3.8, 4) is 0 Å². The van der Waals surface area contributed by atoms with Crippen LogP contribution in [0.5, 0.6) is 0 Å².